The Morgan fingerprint density at radius 1 is 1.57 bits per heavy atom. The van der Waals surface area contributed by atoms with Crippen molar-refractivity contribution in [3.8, 4) is 0 Å². The third-order valence-corrected chi connectivity index (χ3v) is 2.55. The second-order valence-corrected chi connectivity index (χ2v) is 4.52. The molecule has 0 aromatic carbocycles. The highest BCUT2D eigenvalue weighted by molar-refractivity contribution is 6.29. The summed E-state index contributed by atoms with van der Waals surface area (Å²) in [4.78, 5) is 6.17. The number of pyridine rings is 1. The first-order valence-corrected chi connectivity index (χ1v) is 4.98. The molecule has 0 spiro atoms. The molecule has 0 amide bonds. The first-order valence-electron chi connectivity index (χ1n) is 4.60. The zero-order valence-electron chi connectivity index (χ0n) is 8.07. The van der Waals surface area contributed by atoms with Crippen LogP contribution in [0.5, 0.6) is 0 Å². The number of hydrogen-bond acceptors (Lipinski definition) is 3. The summed E-state index contributed by atoms with van der Waals surface area (Å²) in [5, 5.41) is 10.0. The minimum absolute atomic E-state index is 0.500. The summed E-state index contributed by atoms with van der Waals surface area (Å²) in [6, 6.07) is 3.75. The lowest BCUT2D eigenvalue weighted by Crippen LogP contribution is -2.59. The van der Waals surface area contributed by atoms with Gasteiger partial charge in [0.2, 0.25) is 0 Å². The molecule has 0 saturated carbocycles. The van der Waals surface area contributed by atoms with Gasteiger partial charge in [-0.05, 0) is 18.6 Å². The van der Waals surface area contributed by atoms with E-state index in [4.69, 9.17) is 11.6 Å². The first-order chi connectivity index (χ1) is 6.55. The van der Waals surface area contributed by atoms with E-state index in [9.17, 15) is 5.11 Å². The van der Waals surface area contributed by atoms with E-state index in [1.807, 2.05) is 13.0 Å². The van der Waals surface area contributed by atoms with E-state index in [0.29, 0.717) is 5.15 Å². The van der Waals surface area contributed by atoms with Crippen molar-refractivity contribution in [2.45, 2.75) is 19.1 Å². The zero-order valence-corrected chi connectivity index (χ0v) is 8.83. The molecule has 2 rings (SSSR count). The van der Waals surface area contributed by atoms with E-state index < -0.39 is 5.60 Å². The van der Waals surface area contributed by atoms with Crippen LogP contribution < -0.4 is 0 Å². The molecule has 1 aromatic rings. The number of likely N-dealkylation sites (tertiary alicyclic amines) is 1. The molecule has 1 aromatic heterocycles. The lowest BCUT2D eigenvalue weighted by Gasteiger charge is -2.44. The summed E-state index contributed by atoms with van der Waals surface area (Å²) < 4.78 is 0. The van der Waals surface area contributed by atoms with Crippen LogP contribution in [0.3, 0.4) is 0 Å². The van der Waals surface area contributed by atoms with Gasteiger partial charge in [0.15, 0.2) is 0 Å². The van der Waals surface area contributed by atoms with E-state index >= 15 is 0 Å². The van der Waals surface area contributed by atoms with Gasteiger partial charge < -0.3 is 5.11 Å². The number of rotatable bonds is 2. The molecule has 0 unspecified atom stereocenters. The maximum absolute atomic E-state index is 9.53. The van der Waals surface area contributed by atoms with Crippen LogP contribution in [0.1, 0.15) is 12.5 Å². The number of halogens is 1. The average molecular weight is 213 g/mol. The van der Waals surface area contributed by atoms with E-state index in [0.717, 1.165) is 25.2 Å². The van der Waals surface area contributed by atoms with E-state index in [1.54, 1.807) is 12.3 Å². The normalized spacial score (nSPS) is 20.5. The quantitative estimate of drug-likeness (QED) is 0.751. The van der Waals surface area contributed by atoms with Crippen LogP contribution in [0.4, 0.5) is 0 Å². The fourth-order valence-electron chi connectivity index (χ4n) is 1.79. The largest absolute Gasteiger partial charge is 0.388 e. The van der Waals surface area contributed by atoms with Crippen LogP contribution >= 0.6 is 11.6 Å². The third kappa shape index (κ3) is 2.23. The molecular weight excluding hydrogens is 200 g/mol. The monoisotopic (exact) mass is 212 g/mol. The van der Waals surface area contributed by atoms with E-state index in [2.05, 4.69) is 9.88 Å². The smallest absolute Gasteiger partial charge is 0.129 e. The summed E-state index contributed by atoms with van der Waals surface area (Å²) in [6.07, 6.45) is 1.77. The molecule has 0 bridgehead atoms. The predicted molar refractivity (Wildman–Crippen MR) is 55.1 cm³/mol. The van der Waals surface area contributed by atoms with Crippen LogP contribution in [-0.2, 0) is 6.54 Å². The SMILES string of the molecule is CC1(O)CN(Cc2ccc(Cl)nc2)C1. The molecule has 1 aliphatic rings. The van der Waals surface area contributed by atoms with Gasteiger partial charge in [-0.15, -0.1) is 0 Å². The van der Waals surface area contributed by atoms with Crippen molar-refractivity contribution in [3.05, 3.63) is 29.0 Å². The Morgan fingerprint density at radius 3 is 2.79 bits per heavy atom. The summed E-state index contributed by atoms with van der Waals surface area (Å²) >= 11 is 5.68. The van der Waals surface area contributed by atoms with Gasteiger partial charge in [0, 0.05) is 25.8 Å². The zero-order chi connectivity index (χ0) is 10.2. The van der Waals surface area contributed by atoms with Crippen LogP contribution in [0.25, 0.3) is 0 Å². The second kappa shape index (κ2) is 3.50. The lowest BCUT2D eigenvalue weighted by molar-refractivity contribution is -0.0871. The van der Waals surface area contributed by atoms with Gasteiger partial charge in [-0.3, -0.25) is 4.90 Å². The molecule has 1 aliphatic heterocycles. The number of aromatic nitrogens is 1. The molecule has 1 N–H and O–H groups in total. The molecule has 76 valence electrons. The summed E-state index contributed by atoms with van der Waals surface area (Å²) in [7, 11) is 0. The fraction of sp³-hybridized carbons (Fsp3) is 0.500. The van der Waals surface area contributed by atoms with Gasteiger partial charge in [0.05, 0.1) is 5.60 Å². The van der Waals surface area contributed by atoms with Crippen molar-refractivity contribution in [2.24, 2.45) is 0 Å². The number of aliphatic hydroxyl groups is 1. The van der Waals surface area contributed by atoms with Crippen molar-refractivity contribution in [1.82, 2.24) is 9.88 Å². The summed E-state index contributed by atoms with van der Waals surface area (Å²) in [6.45, 7) is 4.15. The minimum atomic E-state index is -0.500. The minimum Gasteiger partial charge on any atom is -0.388 e. The van der Waals surface area contributed by atoms with Crippen molar-refractivity contribution < 1.29 is 5.11 Å². The molecule has 4 heteroatoms. The fourth-order valence-corrected chi connectivity index (χ4v) is 1.90. The molecule has 0 radical (unpaired) electrons. The molecular formula is C10H13ClN2O. The number of nitrogens with zero attached hydrogens (tertiary/aromatic N) is 2. The Balaban J connectivity index is 1.90. The van der Waals surface area contributed by atoms with Crippen molar-refractivity contribution in [2.75, 3.05) is 13.1 Å². The maximum atomic E-state index is 9.53. The summed E-state index contributed by atoms with van der Waals surface area (Å²) in [5.74, 6) is 0. The molecule has 1 saturated heterocycles. The van der Waals surface area contributed by atoms with Gasteiger partial charge in [0.1, 0.15) is 5.15 Å². The van der Waals surface area contributed by atoms with Crippen LogP contribution in [0.2, 0.25) is 5.15 Å². The Hall–Kier alpha value is -0.640. The van der Waals surface area contributed by atoms with Gasteiger partial charge in [0.25, 0.3) is 0 Å². The van der Waals surface area contributed by atoms with Crippen LogP contribution in [-0.4, -0.2) is 33.7 Å². The highest BCUT2D eigenvalue weighted by Gasteiger charge is 2.35. The Labute approximate surface area is 88.3 Å². The van der Waals surface area contributed by atoms with Crippen molar-refractivity contribution in [3.63, 3.8) is 0 Å². The maximum Gasteiger partial charge on any atom is 0.129 e. The van der Waals surface area contributed by atoms with Gasteiger partial charge in [-0.2, -0.15) is 0 Å². The highest BCUT2D eigenvalue weighted by Crippen LogP contribution is 2.21. The number of β-amino-alcohol motifs (C(OH)–C–C–N with tert-alkyl or cyclic N) is 1. The Kier molecular flexibility index (Phi) is 2.47. The average Bonchev–Trinajstić information content (AvgIpc) is 2.06. The first kappa shape index (κ1) is 9.90. The topological polar surface area (TPSA) is 36.4 Å². The Morgan fingerprint density at radius 2 is 2.29 bits per heavy atom. The predicted octanol–water partition coefficient (Wildman–Crippen LogP) is 1.30. The molecule has 1 fully saturated rings. The lowest BCUT2D eigenvalue weighted by atomic mass is 9.96. The summed E-state index contributed by atoms with van der Waals surface area (Å²) in [5.41, 5.74) is 0.629. The second-order valence-electron chi connectivity index (χ2n) is 4.13. The Bertz CT molecular complexity index is 315. The molecule has 0 aliphatic carbocycles. The van der Waals surface area contributed by atoms with Crippen LogP contribution in [0, 0.1) is 0 Å². The van der Waals surface area contributed by atoms with Crippen LogP contribution in [0.15, 0.2) is 18.3 Å². The molecule has 3 nitrogen and oxygen atoms in total. The van der Waals surface area contributed by atoms with Crippen molar-refractivity contribution >= 4 is 11.6 Å². The van der Waals surface area contributed by atoms with Gasteiger partial charge in [-0.25, -0.2) is 4.98 Å². The van der Waals surface area contributed by atoms with Gasteiger partial charge >= 0.3 is 0 Å². The third-order valence-electron chi connectivity index (χ3n) is 2.32. The number of hydrogen-bond donors (Lipinski definition) is 1. The molecule has 0 atom stereocenters. The van der Waals surface area contributed by atoms with Gasteiger partial charge in [-0.1, -0.05) is 17.7 Å². The molecule has 14 heavy (non-hydrogen) atoms. The van der Waals surface area contributed by atoms with E-state index in [-0.39, 0.29) is 0 Å². The standard InChI is InChI=1S/C10H13ClN2O/c1-10(14)6-13(7-10)5-8-2-3-9(11)12-4-8/h2-4,14H,5-7H2,1H3. The van der Waals surface area contributed by atoms with E-state index in [1.165, 1.54) is 0 Å². The van der Waals surface area contributed by atoms with Crippen molar-refractivity contribution in [1.29, 1.82) is 0 Å². The molecule has 2 heterocycles. The highest BCUT2D eigenvalue weighted by atomic mass is 35.5.